The lowest BCUT2D eigenvalue weighted by Crippen LogP contribution is -2.03. The number of nitrogens with zero attached hydrogens (tertiary/aromatic N) is 3. The van der Waals surface area contributed by atoms with Gasteiger partial charge in [-0.2, -0.15) is 0 Å². The Morgan fingerprint density at radius 3 is 2.70 bits per heavy atom. The molecule has 154 valence electrons. The van der Waals surface area contributed by atoms with Crippen molar-refractivity contribution >= 4 is 34.3 Å². The van der Waals surface area contributed by atoms with E-state index < -0.39 is 5.82 Å². The molecule has 0 atom stereocenters. The molecular weight excluding hydrogens is 441 g/mol. The zero-order chi connectivity index (χ0) is 21.1. The number of halogens is 2. The van der Waals surface area contributed by atoms with E-state index in [-0.39, 0.29) is 5.75 Å². The maximum absolute atomic E-state index is 13.7. The third-order valence-corrected chi connectivity index (χ3v) is 6.63. The van der Waals surface area contributed by atoms with Crippen LogP contribution in [-0.2, 0) is 12.8 Å². The van der Waals surface area contributed by atoms with E-state index in [1.165, 1.54) is 12.1 Å². The molecule has 0 amide bonds. The van der Waals surface area contributed by atoms with E-state index in [4.69, 9.17) is 21.3 Å². The first-order valence-corrected chi connectivity index (χ1v) is 11.5. The number of hydrogen-bond acceptors (Lipinski definition) is 6. The zero-order valence-corrected chi connectivity index (χ0v) is 18.9. The average molecular weight is 460 g/mol. The van der Waals surface area contributed by atoms with E-state index >= 15 is 0 Å². The molecule has 0 N–H and O–H groups in total. The van der Waals surface area contributed by atoms with Crippen LogP contribution in [0.4, 0.5) is 4.39 Å². The van der Waals surface area contributed by atoms with Crippen molar-refractivity contribution in [1.82, 2.24) is 15.0 Å². The Morgan fingerprint density at radius 1 is 1.13 bits per heavy atom. The number of thiazole rings is 2. The summed E-state index contributed by atoms with van der Waals surface area (Å²) in [6.07, 6.45) is 3.16. The van der Waals surface area contributed by atoms with Gasteiger partial charge in [-0.15, -0.1) is 22.7 Å². The van der Waals surface area contributed by atoms with Crippen LogP contribution in [0.3, 0.4) is 0 Å². The van der Waals surface area contributed by atoms with Crippen LogP contribution < -0.4 is 4.74 Å². The normalized spacial score (nSPS) is 11.1. The summed E-state index contributed by atoms with van der Waals surface area (Å²) in [6, 6.07) is 8.42. The molecule has 0 fully saturated rings. The molecule has 0 saturated heterocycles. The van der Waals surface area contributed by atoms with Gasteiger partial charge in [-0.3, -0.25) is 4.98 Å². The highest BCUT2D eigenvalue weighted by molar-refractivity contribution is 7.15. The third kappa shape index (κ3) is 5.03. The predicted octanol–water partition coefficient (Wildman–Crippen LogP) is 6.28. The Hall–Kier alpha value is -2.35. The maximum Gasteiger partial charge on any atom is 0.166 e. The number of pyridine rings is 1. The van der Waals surface area contributed by atoms with Gasteiger partial charge in [0.2, 0.25) is 0 Å². The van der Waals surface area contributed by atoms with E-state index in [1.807, 2.05) is 32.2 Å². The SMILES string of the molecule is Cc1nc(C)c(-c2csc(Cc3ccc(CCOc4ccc(Cl)cc4F)cn3)n2)s1. The molecule has 1 aromatic carbocycles. The number of rotatable bonds is 7. The standard InChI is InChI=1S/C22H19ClFN3OS2/c1-13-22(30-14(2)26-13)19-12-29-21(27-19)10-17-5-3-15(11-25-17)7-8-28-20-6-4-16(23)9-18(20)24/h3-6,9,11-12H,7-8,10H2,1-2H3. The summed E-state index contributed by atoms with van der Waals surface area (Å²) < 4.78 is 19.2. The summed E-state index contributed by atoms with van der Waals surface area (Å²) in [6.45, 7) is 4.39. The van der Waals surface area contributed by atoms with E-state index in [2.05, 4.69) is 15.3 Å². The molecule has 0 aliphatic rings. The second-order valence-corrected chi connectivity index (χ2v) is 9.36. The van der Waals surface area contributed by atoms with E-state index in [1.54, 1.807) is 28.7 Å². The molecule has 4 rings (SSSR count). The summed E-state index contributed by atoms with van der Waals surface area (Å²) in [4.78, 5) is 14.9. The number of aryl methyl sites for hydroxylation is 2. The van der Waals surface area contributed by atoms with Gasteiger partial charge in [0.1, 0.15) is 0 Å². The molecule has 0 aliphatic heterocycles. The van der Waals surface area contributed by atoms with Gasteiger partial charge in [0.25, 0.3) is 0 Å². The van der Waals surface area contributed by atoms with Crippen molar-refractivity contribution in [2.75, 3.05) is 6.61 Å². The quantitative estimate of drug-likeness (QED) is 0.326. The zero-order valence-electron chi connectivity index (χ0n) is 16.5. The molecule has 0 spiro atoms. The van der Waals surface area contributed by atoms with Crippen molar-refractivity contribution in [1.29, 1.82) is 0 Å². The highest BCUT2D eigenvalue weighted by Gasteiger charge is 2.12. The molecule has 4 nitrogen and oxygen atoms in total. The van der Waals surface area contributed by atoms with Crippen LogP contribution in [0.15, 0.2) is 41.9 Å². The average Bonchev–Trinajstić information content (AvgIpc) is 3.30. The summed E-state index contributed by atoms with van der Waals surface area (Å²) in [5, 5.41) is 4.51. The molecule has 8 heteroatoms. The van der Waals surface area contributed by atoms with E-state index in [0.717, 1.165) is 37.5 Å². The minimum atomic E-state index is -0.456. The van der Waals surface area contributed by atoms with Gasteiger partial charge in [-0.1, -0.05) is 17.7 Å². The molecule has 4 aromatic rings. The van der Waals surface area contributed by atoms with Crippen molar-refractivity contribution in [3.63, 3.8) is 0 Å². The summed E-state index contributed by atoms with van der Waals surface area (Å²) in [5.41, 5.74) is 4.00. The fourth-order valence-electron chi connectivity index (χ4n) is 3.00. The first kappa shape index (κ1) is 20.9. The maximum atomic E-state index is 13.7. The van der Waals surface area contributed by atoms with Gasteiger partial charge in [-0.05, 0) is 43.7 Å². The lowest BCUT2D eigenvalue weighted by molar-refractivity contribution is 0.305. The summed E-state index contributed by atoms with van der Waals surface area (Å²) >= 11 is 9.06. The highest BCUT2D eigenvalue weighted by Crippen LogP contribution is 2.31. The van der Waals surface area contributed by atoms with Crippen molar-refractivity contribution < 1.29 is 9.13 Å². The Morgan fingerprint density at radius 2 is 2.00 bits per heavy atom. The molecule has 0 saturated carbocycles. The van der Waals surface area contributed by atoms with Gasteiger partial charge >= 0.3 is 0 Å². The van der Waals surface area contributed by atoms with Gasteiger partial charge in [0.05, 0.1) is 32.9 Å². The Kier molecular flexibility index (Phi) is 6.41. The van der Waals surface area contributed by atoms with Crippen LogP contribution in [0.2, 0.25) is 5.02 Å². The predicted molar refractivity (Wildman–Crippen MR) is 120 cm³/mol. The van der Waals surface area contributed by atoms with Crippen LogP contribution in [0.1, 0.15) is 27.0 Å². The number of ether oxygens (including phenoxy) is 1. The molecule has 3 aromatic heterocycles. The van der Waals surface area contributed by atoms with Crippen molar-refractivity contribution in [3.05, 3.63) is 79.7 Å². The lowest BCUT2D eigenvalue weighted by Gasteiger charge is -2.07. The van der Waals surface area contributed by atoms with Crippen LogP contribution in [0.25, 0.3) is 10.6 Å². The molecule has 30 heavy (non-hydrogen) atoms. The topological polar surface area (TPSA) is 47.9 Å². The lowest BCUT2D eigenvalue weighted by atomic mass is 10.2. The van der Waals surface area contributed by atoms with Gasteiger partial charge in [0, 0.05) is 35.1 Å². The fourth-order valence-corrected chi connectivity index (χ4v) is 4.91. The van der Waals surface area contributed by atoms with Crippen LogP contribution in [0, 0.1) is 19.7 Å². The molecule has 0 unspecified atom stereocenters. The first-order valence-electron chi connectivity index (χ1n) is 9.38. The van der Waals surface area contributed by atoms with E-state index in [0.29, 0.717) is 24.5 Å². The monoisotopic (exact) mass is 459 g/mol. The van der Waals surface area contributed by atoms with Crippen LogP contribution in [0.5, 0.6) is 5.75 Å². The highest BCUT2D eigenvalue weighted by atomic mass is 35.5. The van der Waals surface area contributed by atoms with Crippen molar-refractivity contribution in [3.8, 4) is 16.3 Å². The molecule has 0 aliphatic carbocycles. The molecular formula is C22H19ClFN3OS2. The molecule has 0 radical (unpaired) electrons. The Bertz CT molecular complexity index is 1160. The van der Waals surface area contributed by atoms with Crippen molar-refractivity contribution in [2.24, 2.45) is 0 Å². The van der Waals surface area contributed by atoms with Crippen LogP contribution >= 0.6 is 34.3 Å². The second kappa shape index (κ2) is 9.20. The first-order chi connectivity index (χ1) is 14.5. The largest absolute Gasteiger partial charge is 0.490 e. The van der Waals surface area contributed by atoms with Crippen molar-refractivity contribution in [2.45, 2.75) is 26.7 Å². The van der Waals surface area contributed by atoms with Crippen LogP contribution in [-0.4, -0.2) is 21.6 Å². The number of hydrogen-bond donors (Lipinski definition) is 0. The van der Waals surface area contributed by atoms with E-state index in [9.17, 15) is 4.39 Å². The van der Waals surface area contributed by atoms with Gasteiger partial charge in [0.15, 0.2) is 11.6 Å². The third-order valence-electron chi connectivity index (χ3n) is 4.45. The smallest absolute Gasteiger partial charge is 0.166 e. The fraction of sp³-hybridized carbons (Fsp3) is 0.227. The Labute approximate surface area is 187 Å². The minimum Gasteiger partial charge on any atom is -0.490 e. The molecule has 3 heterocycles. The van der Waals surface area contributed by atoms with Gasteiger partial charge < -0.3 is 4.74 Å². The number of benzene rings is 1. The Balaban J connectivity index is 1.33. The van der Waals surface area contributed by atoms with Gasteiger partial charge in [-0.25, -0.2) is 14.4 Å². The number of aromatic nitrogens is 3. The summed E-state index contributed by atoms with van der Waals surface area (Å²) in [7, 11) is 0. The minimum absolute atomic E-state index is 0.204. The molecule has 0 bridgehead atoms. The summed E-state index contributed by atoms with van der Waals surface area (Å²) in [5.74, 6) is -0.252. The second-order valence-electron chi connectivity index (χ2n) is 6.78.